The molecular weight excluding hydrogens is 256 g/mol. The number of carbonyl (C=O) groups is 3. The summed E-state index contributed by atoms with van der Waals surface area (Å²) in [7, 11) is 0. The second-order valence-corrected chi connectivity index (χ2v) is 5.24. The molecule has 0 aromatic heterocycles. The van der Waals surface area contributed by atoms with E-state index in [4.69, 9.17) is 0 Å². The number of benzene rings is 1. The molecule has 0 radical (unpaired) electrons. The third kappa shape index (κ3) is 2.57. The average molecular weight is 274 g/mol. The molecule has 106 valence electrons. The van der Waals surface area contributed by atoms with Crippen molar-refractivity contribution in [1.29, 1.82) is 0 Å². The predicted octanol–water partition coefficient (Wildman–Crippen LogP) is 2.34. The molecule has 4 amide bonds. The Morgan fingerprint density at radius 3 is 2.30 bits per heavy atom. The van der Waals surface area contributed by atoms with Crippen LogP contribution in [0.1, 0.15) is 25.8 Å². The number of amides is 4. The predicted molar refractivity (Wildman–Crippen MR) is 75.2 cm³/mol. The van der Waals surface area contributed by atoms with Crippen LogP contribution in [0.2, 0.25) is 0 Å². The van der Waals surface area contributed by atoms with Crippen LogP contribution >= 0.6 is 0 Å². The largest absolute Gasteiger partial charge is 0.338 e. The Kier molecular flexibility index (Phi) is 3.88. The second-order valence-electron chi connectivity index (χ2n) is 5.24. The summed E-state index contributed by atoms with van der Waals surface area (Å²) in [6.45, 7) is 5.57. The number of carbonyl (C=O) groups excluding carboxylic acids is 3. The number of hydrogen-bond acceptors (Lipinski definition) is 3. The van der Waals surface area contributed by atoms with Gasteiger partial charge in [0.15, 0.2) is 0 Å². The molecule has 1 saturated heterocycles. The van der Waals surface area contributed by atoms with Crippen LogP contribution in [-0.4, -0.2) is 29.3 Å². The maximum Gasteiger partial charge on any atom is 0.338 e. The fraction of sp³-hybridized carbons (Fsp3) is 0.400. The summed E-state index contributed by atoms with van der Waals surface area (Å²) >= 11 is 0. The molecule has 1 aromatic rings. The molecule has 0 aliphatic carbocycles. The van der Waals surface area contributed by atoms with E-state index in [1.54, 1.807) is 26.0 Å². The van der Waals surface area contributed by atoms with Crippen molar-refractivity contribution in [1.82, 2.24) is 4.90 Å². The lowest BCUT2D eigenvalue weighted by atomic mass is 10.1. The van der Waals surface area contributed by atoms with Crippen LogP contribution in [0.25, 0.3) is 0 Å². The highest BCUT2D eigenvalue weighted by Crippen LogP contribution is 2.22. The zero-order valence-corrected chi connectivity index (χ0v) is 11.9. The number of imide groups is 2. The summed E-state index contributed by atoms with van der Waals surface area (Å²) in [5.41, 5.74) is 1.55. The quantitative estimate of drug-likeness (QED) is 0.831. The van der Waals surface area contributed by atoms with E-state index in [0.717, 1.165) is 15.4 Å². The molecule has 20 heavy (non-hydrogen) atoms. The van der Waals surface area contributed by atoms with E-state index in [1.807, 2.05) is 19.1 Å². The van der Waals surface area contributed by atoms with Gasteiger partial charge in [0.05, 0.1) is 5.69 Å². The first-order valence-corrected chi connectivity index (χ1v) is 6.66. The Hall–Kier alpha value is -2.17. The van der Waals surface area contributed by atoms with Gasteiger partial charge in [-0.25, -0.2) is 9.69 Å². The van der Waals surface area contributed by atoms with Crippen LogP contribution in [0, 0.1) is 12.8 Å². The summed E-state index contributed by atoms with van der Waals surface area (Å²) in [5.74, 6) is -0.793. The summed E-state index contributed by atoms with van der Waals surface area (Å²) in [6.07, 6.45) is 0.165. The number of hydrogen-bond donors (Lipinski definition) is 0. The Morgan fingerprint density at radius 2 is 1.75 bits per heavy atom. The van der Waals surface area contributed by atoms with Crippen molar-refractivity contribution >= 4 is 23.5 Å². The third-order valence-electron chi connectivity index (χ3n) is 3.27. The van der Waals surface area contributed by atoms with Gasteiger partial charge in [-0.2, -0.15) is 0 Å². The number of aryl methyl sites for hydroxylation is 1. The highest BCUT2D eigenvalue weighted by Gasteiger charge is 2.37. The minimum Gasteiger partial charge on any atom is -0.274 e. The summed E-state index contributed by atoms with van der Waals surface area (Å²) in [4.78, 5) is 38.6. The van der Waals surface area contributed by atoms with Gasteiger partial charge >= 0.3 is 6.03 Å². The van der Waals surface area contributed by atoms with Gasteiger partial charge in [0.25, 0.3) is 0 Å². The monoisotopic (exact) mass is 274 g/mol. The summed E-state index contributed by atoms with van der Waals surface area (Å²) in [5, 5.41) is 0. The van der Waals surface area contributed by atoms with E-state index >= 15 is 0 Å². The molecule has 0 spiro atoms. The Labute approximate surface area is 118 Å². The van der Waals surface area contributed by atoms with Gasteiger partial charge in [-0.05, 0) is 19.1 Å². The lowest BCUT2D eigenvalue weighted by Crippen LogP contribution is -2.55. The van der Waals surface area contributed by atoms with E-state index in [9.17, 15) is 14.4 Å². The first kappa shape index (κ1) is 14.2. The molecule has 0 bridgehead atoms. The van der Waals surface area contributed by atoms with Gasteiger partial charge in [-0.1, -0.05) is 31.5 Å². The van der Waals surface area contributed by atoms with Crippen molar-refractivity contribution in [3.05, 3.63) is 29.8 Å². The molecule has 1 aliphatic heterocycles. The lowest BCUT2D eigenvalue weighted by Gasteiger charge is -2.33. The molecule has 5 nitrogen and oxygen atoms in total. The first-order chi connectivity index (χ1) is 9.41. The van der Waals surface area contributed by atoms with Crippen molar-refractivity contribution in [2.75, 3.05) is 11.4 Å². The summed E-state index contributed by atoms with van der Waals surface area (Å²) in [6, 6.07) is 6.55. The third-order valence-corrected chi connectivity index (χ3v) is 3.27. The Bertz CT molecular complexity index is 549. The molecule has 0 N–H and O–H groups in total. The minimum absolute atomic E-state index is 0.164. The molecule has 1 aliphatic rings. The van der Waals surface area contributed by atoms with E-state index in [0.29, 0.717) is 5.69 Å². The zero-order chi connectivity index (χ0) is 14.9. The molecular formula is C15H18N2O3. The van der Waals surface area contributed by atoms with Gasteiger partial charge in [0, 0.05) is 18.9 Å². The lowest BCUT2D eigenvalue weighted by molar-refractivity contribution is -0.132. The van der Waals surface area contributed by atoms with Gasteiger partial charge in [-0.15, -0.1) is 0 Å². The number of nitrogens with zero attached hydrogens (tertiary/aromatic N) is 2. The highest BCUT2D eigenvalue weighted by atomic mass is 16.2. The molecule has 1 aromatic carbocycles. The molecule has 0 saturated carbocycles. The maximum absolute atomic E-state index is 12.4. The average Bonchev–Trinajstić information content (AvgIpc) is 2.40. The smallest absolute Gasteiger partial charge is 0.274 e. The Balaban J connectivity index is 2.31. The molecule has 0 atom stereocenters. The van der Waals surface area contributed by atoms with Crippen LogP contribution in [0.3, 0.4) is 0 Å². The number of rotatable bonds is 2. The van der Waals surface area contributed by atoms with Crippen molar-refractivity contribution in [3.8, 4) is 0 Å². The zero-order valence-electron chi connectivity index (χ0n) is 11.9. The first-order valence-electron chi connectivity index (χ1n) is 6.66. The van der Waals surface area contributed by atoms with Gasteiger partial charge in [0.2, 0.25) is 11.8 Å². The summed E-state index contributed by atoms with van der Waals surface area (Å²) < 4.78 is 0. The van der Waals surface area contributed by atoms with E-state index < -0.39 is 6.03 Å². The SMILES string of the molecule is Cc1ccc(N2C(=O)CCN(C(=O)C(C)C)C2=O)cc1. The Morgan fingerprint density at radius 1 is 1.15 bits per heavy atom. The second kappa shape index (κ2) is 5.45. The van der Waals surface area contributed by atoms with Gasteiger partial charge < -0.3 is 0 Å². The van der Waals surface area contributed by atoms with Crippen molar-refractivity contribution in [3.63, 3.8) is 0 Å². The van der Waals surface area contributed by atoms with Crippen LogP contribution in [-0.2, 0) is 9.59 Å². The van der Waals surface area contributed by atoms with E-state index in [2.05, 4.69) is 0 Å². The maximum atomic E-state index is 12.4. The normalized spacial score (nSPS) is 16.0. The van der Waals surface area contributed by atoms with Crippen molar-refractivity contribution in [2.24, 2.45) is 5.92 Å². The van der Waals surface area contributed by atoms with E-state index in [-0.39, 0.29) is 30.7 Å². The van der Waals surface area contributed by atoms with Gasteiger partial charge in [0.1, 0.15) is 0 Å². The minimum atomic E-state index is -0.552. The van der Waals surface area contributed by atoms with Crippen molar-refractivity contribution < 1.29 is 14.4 Å². The molecule has 1 fully saturated rings. The topological polar surface area (TPSA) is 57.7 Å². The fourth-order valence-corrected chi connectivity index (χ4v) is 2.11. The van der Waals surface area contributed by atoms with Crippen LogP contribution in [0.5, 0.6) is 0 Å². The molecule has 0 unspecified atom stereocenters. The molecule has 5 heteroatoms. The standard InChI is InChI=1S/C15H18N2O3/c1-10(2)14(19)16-9-8-13(18)17(15(16)20)12-6-4-11(3)5-7-12/h4-7,10H,8-9H2,1-3H3. The van der Waals surface area contributed by atoms with Crippen LogP contribution < -0.4 is 4.90 Å². The number of urea groups is 1. The van der Waals surface area contributed by atoms with Crippen LogP contribution in [0.15, 0.2) is 24.3 Å². The van der Waals surface area contributed by atoms with Crippen molar-refractivity contribution in [2.45, 2.75) is 27.2 Å². The van der Waals surface area contributed by atoms with Gasteiger partial charge in [-0.3, -0.25) is 14.5 Å². The highest BCUT2D eigenvalue weighted by molar-refractivity contribution is 6.19. The molecule has 1 heterocycles. The molecule has 2 rings (SSSR count). The number of anilines is 1. The van der Waals surface area contributed by atoms with E-state index in [1.165, 1.54) is 0 Å². The van der Waals surface area contributed by atoms with Crippen LogP contribution in [0.4, 0.5) is 10.5 Å². The fourth-order valence-electron chi connectivity index (χ4n) is 2.11.